The monoisotopic (exact) mass is 710 g/mol. The number of fused-ring (bicyclic) bond motifs is 7. The molecular formula is C50H55BN2O. The lowest BCUT2D eigenvalue weighted by Gasteiger charge is -2.46. The summed E-state index contributed by atoms with van der Waals surface area (Å²) < 4.78 is 7.17. The molecule has 6 aromatic rings. The van der Waals surface area contributed by atoms with Gasteiger partial charge in [0.25, 0.3) is 6.71 Å². The molecule has 1 aliphatic carbocycles. The molecule has 0 unspecified atom stereocenters. The van der Waals surface area contributed by atoms with E-state index in [0.29, 0.717) is 0 Å². The molecule has 0 N–H and O–H groups in total. The second kappa shape index (κ2) is 11.4. The zero-order valence-electron chi connectivity index (χ0n) is 34.5. The lowest BCUT2D eigenvalue weighted by Crippen LogP contribution is -2.61. The van der Waals surface area contributed by atoms with Gasteiger partial charge in [0.2, 0.25) is 0 Å². The molecule has 0 fully saturated rings. The van der Waals surface area contributed by atoms with Crippen LogP contribution in [-0.4, -0.2) is 6.71 Å². The van der Waals surface area contributed by atoms with E-state index in [1.165, 1.54) is 85.6 Å². The molecule has 0 saturated heterocycles. The van der Waals surface area contributed by atoms with Gasteiger partial charge < -0.3 is 14.2 Å². The van der Waals surface area contributed by atoms with Crippen LogP contribution in [0.5, 0.6) is 0 Å². The minimum Gasteiger partial charge on any atom is -0.468 e. The van der Waals surface area contributed by atoms with Crippen LogP contribution < -0.4 is 26.4 Å². The normalized spacial score (nSPS) is 16.9. The third-order valence-corrected chi connectivity index (χ3v) is 13.0. The zero-order chi connectivity index (χ0) is 38.3. The third kappa shape index (κ3) is 5.15. The maximum atomic E-state index is 7.17. The Morgan fingerprint density at radius 1 is 0.611 bits per heavy atom. The van der Waals surface area contributed by atoms with Crippen LogP contribution in [0.4, 0.5) is 34.1 Å². The van der Waals surface area contributed by atoms with Gasteiger partial charge in [-0.05, 0) is 141 Å². The lowest BCUT2D eigenvalue weighted by atomic mass is 9.35. The van der Waals surface area contributed by atoms with Gasteiger partial charge in [0, 0.05) is 33.8 Å². The van der Waals surface area contributed by atoms with Crippen molar-refractivity contribution in [2.24, 2.45) is 0 Å². The van der Waals surface area contributed by atoms with Crippen LogP contribution >= 0.6 is 0 Å². The summed E-state index contributed by atoms with van der Waals surface area (Å²) in [6.45, 7) is 28.0. The Hall–Kier alpha value is -4.70. The van der Waals surface area contributed by atoms with Gasteiger partial charge in [0.15, 0.2) is 0 Å². The number of benzene rings is 5. The highest BCUT2D eigenvalue weighted by molar-refractivity contribution is 7.00. The first kappa shape index (κ1) is 35.0. The SMILES string of the molecule is Cc1cc2c3c(c1)N(c1ccc(C(C)(C)C)cc1C)c1c(oc4ccccc14)B3c1cc3c(cc1N2c1ccc(C(C)(C)C)cc1)C(C)(C)CCC3(C)C. The van der Waals surface area contributed by atoms with Crippen molar-refractivity contribution in [1.29, 1.82) is 0 Å². The Morgan fingerprint density at radius 2 is 1.20 bits per heavy atom. The van der Waals surface area contributed by atoms with E-state index >= 15 is 0 Å². The maximum Gasteiger partial charge on any atom is 0.297 e. The number of aryl methyl sites for hydroxylation is 2. The van der Waals surface area contributed by atoms with Gasteiger partial charge in [-0.3, -0.25) is 0 Å². The predicted molar refractivity (Wildman–Crippen MR) is 232 cm³/mol. The van der Waals surface area contributed by atoms with Gasteiger partial charge >= 0.3 is 0 Å². The van der Waals surface area contributed by atoms with E-state index in [2.05, 4.69) is 184 Å². The van der Waals surface area contributed by atoms with E-state index in [4.69, 9.17) is 4.42 Å². The minimum absolute atomic E-state index is 0.0561. The molecule has 3 aliphatic rings. The van der Waals surface area contributed by atoms with Gasteiger partial charge in [-0.25, -0.2) is 0 Å². The molecule has 0 atom stereocenters. The Labute approximate surface area is 323 Å². The Morgan fingerprint density at radius 3 is 1.83 bits per heavy atom. The topological polar surface area (TPSA) is 19.6 Å². The molecule has 0 amide bonds. The van der Waals surface area contributed by atoms with Gasteiger partial charge in [-0.2, -0.15) is 0 Å². The van der Waals surface area contributed by atoms with Gasteiger partial charge in [0.1, 0.15) is 5.58 Å². The molecule has 0 spiro atoms. The van der Waals surface area contributed by atoms with Crippen molar-refractivity contribution < 1.29 is 4.42 Å². The molecule has 0 bridgehead atoms. The Balaban J connectivity index is 1.40. The molecule has 9 rings (SSSR count). The van der Waals surface area contributed by atoms with E-state index in [0.717, 1.165) is 22.3 Å². The molecule has 3 heterocycles. The minimum atomic E-state index is -0.0605. The van der Waals surface area contributed by atoms with Crippen LogP contribution in [0.15, 0.2) is 95.4 Å². The summed E-state index contributed by atoms with van der Waals surface area (Å²) >= 11 is 0. The standard InChI is InChI=1S/C50H55BN2O/c1-30-25-41-44-42(26-30)53(39-22-19-33(27-31(39)2)48(6,7)8)45-35-15-13-14-16-43(35)54-46(45)51(44)38-28-36-37(50(11,12)24-23-49(36,9)10)29-40(38)52(41)34-20-17-32(18-21-34)47(3,4)5/h13-22,25-29H,23-24H2,1-12H3. The summed E-state index contributed by atoms with van der Waals surface area (Å²) in [6.07, 6.45) is 2.34. The molecule has 54 heavy (non-hydrogen) atoms. The fraction of sp³-hybridized carbons (Fsp3) is 0.360. The third-order valence-electron chi connectivity index (χ3n) is 13.0. The Kier molecular flexibility index (Phi) is 7.41. The van der Waals surface area contributed by atoms with Crippen LogP contribution in [0.25, 0.3) is 11.0 Å². The number of nitrogens with zero attached hydrogens (tertiary/aromatic N) is 2. The van der Waals surface area contributed by atoms with Crippen LogP contribution in [0, 0.1) is 13.8 Å². The highest BCUT2D eigenvalue weighted by atomic mass is 16.3. The number of anilines is 6. The van der Waals surface area contributed by atoms with E-state index in [9.17, 15) is 0 Å². The van der Waals surface area contributed by atoms with Crippen molar-refractivity contribution in [2.45, 2.75) is 118 Å². The van der Waals surface area contributed by atoms with Crippen LogP contribution in [0.1, 0.15) is 115 Å². The predicted octanol–water partition coefficient (Wildman–Crippen LogP) is 12.1. The average Bonchev–Trinajstić information content (AvgIpc) is 3.48. The van der Waals surface area contributed by atoms with Crippen molar-refractivity contribution in [3.8, 4) is 0 Å². The van der Waals surface area contributed by atoms with Gasteiger partial charge in [0.05, 0.1) is 11.3 Å². The summed E-state index contributed by atoms with van der Waals surface area (Å²) in [6, 6.07) is 35.1. The van der Waals surface area contributed by atoms with E-state index < -0.39 is 0 Å². The second-order valence-electron chi connectivity index (χ2n) is 19.9. The molecule has 5 aromatic carbocycles. The summed E-state index contributed by atoms with van der Waals surface area (Å²) in [5.74, 6) is 0. The molecule has 274 valence electrons. The largest absolute Gasteiger partial charge is 0.468 e. The highest BCUT2D eigenvalue weighted by Crippen LogP contribution is 2.51. The summed E-state index contributed by atoms with van der Waals surface area (Å²) in [5, 5.41) is 1.15. The van der Waals surface area contributed by atoms with Gasteiger partial charge in [-0.15, -0.1) is 0 Å². The summed E-state index contributed by atoms with van der Waals surface area (Å²) in [4.78, 5) is 5.10. The molecule has 4 heteroatoms. The number of hydrogen-bond acceptors (Lipinski definition) is 3. The molecule has 3 nitrogen and oxygen atoms in total. The first-order valence-electron chi connectivity index (χ1n) is 20.0. The summed E-state index contributed by atoms with van der Waals surface area (Å²) in [5.41, 5.74) is 20.3. The Bertz CT molecular complexity index is 2500. The van der Waals surface area contributed by atoms with Crippen molar-refractivity contribution >= 4 is 68.4 Å². The number of rotatable bonds is 2. The van der Waals surface area contributed by atoms with Gasteiger partial charge in [-0.1, -0.05) is 112 Å². The molecular weight excluding hydrogens is 655 g/mol. The summed E-state index contributed by atoms with van der Waals surface area (Å²) in [7, 11) is 0. The van der Waals surface area contributed by atoms with Crippen molar-refractivity contribution in [2.75, 3.05) is 9.80 Å². The molecule has 0 saturated carbocycles. The van der Waals surface area contributed by atoms with E-state index in [1.54, 1.807) is 0 Å². The number of hydrogen-bond donors (Lipinski definition) is 0. The number of furan rings is 1. The van der Waals surface area contributed by atoms with E-state index in [-0.39, 0.29) is 28.4 Å². The van der Waals surface area contributed by atoms with E-state index in [1.807, 2.05) is 0 Å². The smallest absolute Gasteiger partial charge is 0.297 e. The van der Waals surface area contributed by atoms with Crippen LogP contribution in [0.2, 0.25) is 0 Å². The first-order valence-corrected chi connectivity index (χ1v) is 20.0. The fourth-order valence-electron chi connectivity index (χ4n) is 9.64. The van der Waals surface area contributed by atoms with Crippen LogP contribution in [0.3, 0.4) is 0 Å². The first-order chi connectivity index (χ1) is 25.3. The van der Waals surface area contributed by atoms with Crippen molar-refractivity contribution in [3.05, 3.63) is 124 Å². The fourth-order valence-corrected chi connectivity index (χ4v) is 9.64. The zero-order valence-corrected chi connectivity index (χ0v) is 34.5. The molecule has 2 aliphatic heterocycles. The molecule has 0 radical (unpaired) electrons. The molecule has 1 aromatic heterocycles. The second-order valence-corrected chi connectivity index (χ2v) is 19.9. The van der Waals surface area contributed by atoms with Crippen molar-refractivity contribution in [3.63, 3.8) is 0 Å². The van der Waals surface area contributed by atoms with Crippen LogP contribution in [-0.2, 0) is 21.7 Å². The average molecular weight is 711 g/mol. The lowest BCUT2D eigenvalue weighted by molar-refractivity contribution is 0.332. The highest BCUT2D eigenvalue weighted by Gasteiger charge is 2.49. The quantitative estimate of drug-likeness (QED) is 0.167. The number of para-hydroxylation sites is 1. The van der Waals surface area contributed by atoms with Crippen molar-refractivity contribution in [1.82, 2.24) is 0 Å². The maximum absolute atomic E-state index is 7.17.